The van der Waals surface area contributed by atoms with Crippen molar-refractivity contribution in [1.29, 1.82) is 0 Å². The summed E-state index contributed by atoms with van der Waals surface area (Å²) in [6.45, 7) is 13.2. The predicted molar refractivity (Wildman–Crippen MR) is 112 cm³/mol. The maximum absolute atomic E-state index is 4.24. The Morgan fingerprint density at radius 2 is 1.16 bits per heavy atom. The van der Waals surface area contributed by atoms with E-state index in [1.807, 2.05) is 0 Å². The van der Waals surface area contributed by atoms with Crippen LogP contribution in [0.2, 0.25) is 0 Å². The molecule has 0 atom stereocenters. The van der Waals surface area contributed by atoms with E-state index in [2.05, 4.69) is 82.9 Å². The second kappa shape index (κ2) is 6.56. The topological polar surface area (TPSA) is 6.48 Å². The summed E-state index contributed by atoms with van der Waals surface area (Å²) in [7, 11) is -2.15. The van der Waals surface area contributed by atoms with Crippen LogP contribution in [0.3, 0.4) is 0 Å². The molecule has 2 nitrogen and oxygen atoms in total. The van der Waals surface area contributed by atoms with Gasteiger partial charge < -0.3 is 9.80 Å². The van der Waals surface area contributed by atoms with Crippen LogP contribution in [0.25, 0.3) is 0 Å². The van der Waals surface area contributed by atoms with E-state index in [4.69, 9.17) is 0 Å². The molecule has 128 valence electrons. The summed E-state index contributed by atoms with van der Waals surface area (Å²) < 4.78 is 0. The molecule has 0 N–H and O–H groups in total. The van der Waals surface area contributed by atoms with E-state index in [1.54, 1.807) is 0 Å². The third kappa shape index (κ3) is 2.73. The molecule has 2 aliphatic heterocycles. The van der Waals surface area contributed by atoms with Crippen LogP contribution in [0.4, 0.5) is 11.4 Å². The van der Waals surface area contributed by atoms with Crippen molar-refractivity contribution in [1.82, 2.24) is 0 Å². The van der Waals surface area contributed by atoms with E-state index >= 15 is 0 Å². The molecule has 0 amide bonds. The molecular formula is C22H26N2Si. The standard InChI is InChI=1S/C22H26N2Si/c1-3-25(4-2,21-11-5-9-19(17-21)23-13-7-14-23)22-12-6-10-20(18-22)24-15-8-16-24/h3-6,9-12,17-18H,1-2,7-8,13-16H2. The molecule has 2 aromatic rings. The summed E-state index contributed by atoms with van der Waals surface area (Å²) in [5, 5.41) is 2.75. The number of hydrogen-bond donors (Lipinski definition) is 0. The van der Waals surface area contributed by atoms with Gasteiger partial charge in [0.25, 0.3) is 0 Å². The first-order valence-corrected chi connectivity index (χ1v) is 11.4. The number of hydrogen-bond acceptors (Lipinski definition) is 2. The van der Waals surface area contributed by atoms with Crippen LogP contribution in [0, 0.1) is 0 Å². The highest BCUT2D eigenvalue weighted by atomic mass is 28.3. The van der Waals surface area contributed by atoms with E-state index < -0.39 is 8.07 Å². The lowest BCUT2D eigenvalue weighted by atomic mass is 10.2. The van der Waals surface area contributed by atoms with Crippen LogP contribution in [-0.4, -0.2) is 34.3 Å². The Balaban J connectivity index is 1.77. The lowest BCUT2D eigenvalue weighted by Gasteiger charge is -2.36. The Kier molecular flexibility index (Phi) is 4.26. The van der Waals surface area contributed by atoms with Gasteiger partial charge in [0.2, 0.25) is 0 Å². The first-order chi connectivity index (χ1) is 12.3. The fourth-order valence-corrected chi connectivity index (χ4v) is 6.75. The molecule has 2 aromatic carbocycles. The van der Waals surface area contributed by atoms with Crippen molar-refractivity contribution in [2.45, 2.75) is 12.8 Å². The van der Waals surface area contributed by atoms with Crippen LogP contribution in [-0.2, 0) is 0 Å². The summed E-state index contributed by atoms with van der Waals surface area (Å²) in [4.78, 5) is 4.90. The second-order valence-corrected chi connectivity index (χ2v) is 10.8. The highest BCUT2D eigenvalue weighted by molar-refractivity contribution is 7.09. The van der Waals surface area contributed by atoms with E-state index in [-0.39, 0.29) is 0 Å². The molecule has 0 spiro atoms. The van der Waals surface area contributed by atoms with Crippen LogP contribution >= 0.6 is 0 Å². The average molecular weight is 347 g/mol. The summed E-state index contributed by atoms with van der Waals surface area (Å²) >= 11 is 0. The van der Waals surface area contributed by atoms with Gasteiger partial charge in [-0.3, -0.25) is 0 Å². The summed E-state index contributed by atoms with van der Waals surface area (Å²) in [5.41, 5.74) is 7.01. The lowest BCUT2D eigenvalue weighted by molar-refractivity contribution is 0.618. The number of rotatable bonds is 6. The molecule has 0 radical (unpaired) electrons. The van der Waals surface area contributed by atoms with Crippen molar-refractivity contribution in [2.75, 3.05) is 36.0 Å². The number of nitrogens with zero attached hydrogens (tertiary/aromatic N) is 2. The smallest absolute Gasteiger partial charge is 0.164 e. The molecule has 2 fully saturated rings. The molecule has 3 heteroatoms. The Morgan fingerprint density at radius 1 is 0.720 bits per heavy atom. The largest absolute Gasteiger partial charge is 0.371 e. The molecule has 0 aromatic heterocycles. The van der Waals surface area contributed by atoms with Crippen molar-refractivity contribution in [3.8, 4) is 0 Å². The minimum Gasteiger partial charge on any atom is -0.371 e. The predicted octanol–water partition coefficient (Wildman–Crippen LogP) is 3.12. The molecule has 2 saturated heterocycles. The van der Waals surface area contributed by atoms with Gasteiger partial charge in [0, 0.05) is 37.6 Å². The normalized spacial score (nSPS) is 16.8. The van der Waals surface area contributed by atoms with E-state index in [9.17, 15) is 0 Å². The molecule has 0 bridgehead atoms. The minimum absolute atomic E-state index is 1.17. The maximum Gasteiger partial charge on any atom is 0.164 e. The van der Waals surface area contributed by atoms with Crippen molar-refractivity contribution in [3.63, 3.8) is 0 Å². The second-order valence-electron chi connectivity index (χ2n) is 7.06. The van der Waals surface area contributed by atoms with Gasteiger partial charge in [-0.15, -0.1) is 13.2 Å². The minimum atomic E-state index is -2.15. The van der Waals surface area contributed by atoms with Crippen LogP contribution < -0.4 is 20.2 Å². The van der Waals surface area contributed by atoms with Crippen molar-refractivity contribution in [3.05, 3.63) is 73.1 Å². The molecule has 2 aliphatic rings. The fraction of sp³-hybridized carbons (Fsp3) is 0.273. The van der Waals surface area contributed by atoms with Gasteiger partial charge in [-0.1, -0.05) is 35.7 Å². The van der Waals surface area contributed by atoms with E-state index in [0.717, 1.165) is 0 Å². The molecule has 0 unspecified atom stereocenters. The first-order valence-electron chi connectivity index (χ1n) is 9.25. The summed E-state index contributed by atoms with van der Waals surface area (Å²) in [6.07, 6.45) is 2.60. The Morgan fingerprint density at radius 3 is 1.48 bits per heavy atom. The maximum atomic E-state index is 4.24. The molecule has 2 heterocycles. The van der Waals surface area contributed by atoms with E-state index in [0.29, 0.717) is 0 Å². The number of anilines is 2. The van der Waals surface area contributed by atoms with Gasteiger partial charge in [-0.2, -0.15) is 0 Å². The van der Waals surface area contributed by atoms with Crippen LogP contribution in [0.15, 0.2) is 73.1 Å². The first kappa shape index (κ1) is 16.2. The molecule has 0 aliphatic carbocycles. The van der Waals surface area contributed by atoms with Gasteiger partial charge >= 0.3 is 0 Å². The van der Waals surface area contributed by atoms with Gasteiger partial charge in [-0.25, -0.2) is 0 Å². The van der Waals surface area contributed by atoms with Gasteiger partial charge in [-0.05, 0) is 47.5 Å². The zero-order chi connectivity index (χ0) is 17.3. The van der Waals surface area contributed by atoms with Crippen LogP contribution in [0.1, 0.15) is 12.8 Å². The number of benzene rings is 2. The van der Waals surface area contributed by atoms with Gasteiger partial charge in [0.15, 0.2) is 8.07 Å². The monoisotopic (exact) mass is 346 g/mol. The average Bonchev–Trinajstić information content (AvgIpc) is 2.54. The summed E-state index contributed by atoms with van der Waals surface area (Å²) in [6, 6.07) is 18.1. The van der Waals surface area contributed by atoms with Crippen molar-refractivity contribution >= 4 is 29.8 Å². The zero-order valence-corrected chi connectivity index (χ0v) is 15.8. The molecule has 25 heavy (non-hydrogen) atoms. The van der Waals surface area contributed by atoms with E-state index in [1.165, 1.54) is 60.8 Å². The van der Waals surface area contributed by atoms with Crippen molar-refractivity contribution < 1.29 is 0 Å². The van der Waals surface area contributed by atoms with Gasteiger partial charge in [0.1, 0.15) is 0 Å². The SMILES string of the molecule is C=C[Si](C=C)(c1cccc(N2CCC2)c1)c1cccc(N2CCC2)c1. The van der Waals surface area contributed by atoms with Crippen LogP contribution in [0.5, 0.6) is 0 Å². The lowest BCUT2D eigenvalue weighted by Crippen LogP contribution is -2.56. The fourth-order valence-electron chi connectivity index (χ4n) is 3.79. The third-order valence-corrected chi connectivity index (χ3v) is 9.55. The third-order valence-electron chi connectivity index (χ3n) is 5.73. The highest BCUT2D eigenvalue weighted by Gasteiger charge is 2.32. The zero-order valence-electron chi connectivity index (χ0n) is 14.8. The molecule has 4 rings (SSSR count). The Bertz CT molecular complexity index is 723. The highest BCUT2D eigenvalue weighted by Crippen LogP contribution is 2.23. The summed E-state index contributed by atoms with van der Waals surface area (Å²) in [5.74, 6) is 0. The molecule has 0 saturated carbocycles. The van der Waals surface area contributed by atoms with Crippen molar-refractivity contribution in [2.24, 2.45) is 0 Å². The molecular weight excluding hydrogens is 320 g/mol. The Labute approximate surface area is 152 Å². The van der Waals surface area contributed by atoms with Gasteiger partial charge in [0.05, 0.1) is 0 Å². The quantitative estimate of drug-likeness (QED) is 0.742. The Hall–Kier alpha value is -2.26.